The maximum absolute atomic E-state index is 12.6. The van der Waals surface area contributed by atoms with Gasteiger partial charge in [0.25, 0.3) is 0 Å². The topological polar surface area (TPSA) is 73.2 Å². The second-order valence-corrected chi connectivity index (χ2v) is 7.49. The van der Waals surface area contributed by atoms with Crippen LogP contribution in [-0.4, -0.2) is 34.8 Å². The highest BCUT2D eigenvalue weighted by Gasteiger charge is 2.20. The lowest BCUT2D eigenvalue weighted by Gasteiger charge is -2.28. The van der Waals surface area contributed by atoms with Crippen LogP contribution in [0.15, 0.2) is 48.5 Å². The number of benzene rings is 2. The van der Waals surface area contributed by atoms with E-state index < -0.39 is 0 Å². The van der Waals surface area contributed by atoms with Crippen molar-refractivity contribution in [3.63, 3.8) is 0 Å². The number of nitrogens with one attached hydrogen (secondary N) is 1. The van der Waals surface area contributed by atoms with Crippen molar-refractivity contribution in [2.75, 3.05) is 23.4 Å². The Balaban J connectivity index is 1.85. The minimum atomic E-state index is -0.119. The van der Waals surface area contributed by atoms with Crippen molar-refractivity contribution in [1.82, 2.24) is 4.90 Å². The van der Waals surface area contributed by atoms with E-state index in [1.165, 1.54) is 11.8 Å². The first kappa shape index (κ1) is 21.5. The van der Waals surface area contributed by atoms with Crippen molar-refractivity contribution < 1.29 is 9.59 Å². The van der Waals surface area contributed by atoms with E-state index in [1.54, 1.807) is 17.0 Å². The van der Waals surface area contributed by atoms with Gasteiger partial charge in [0, 0.05) is 12.2 Å². The Labute approximate surface area is 170 Å². The van der Waals surface area contributed by atoms with Gasteiger partial charge in [-0.05, 0) is 56.2 Å². The van der Waals surface area contributed by atoms with Crippen LogP contribution in [0.25, 0.3) is 0 Å². The SMILES string of the molecule is CCN(C(=O)CSCC(=O)Nc1cccc(C)c1)C(C)c1ccc(C#N)cc1. The van der Waals surface area contributed by atoms with E-state index in [0.29, 0.717) is 12.1 Å². The number of carbonyl (C=O) groups is 2. The quantitative estimate of drug-likeness (QED) is 0.729. The van der Waals surface area contributed by atoms with Crippen molar-refractivity contribution in [3.8, 4) is 6.07 Å². The average Bonchev–Trinajstić information content (AvgIpc) is 2.68. The first-order valence-corrected chi connectivity index (χ1v) is 10.3. The number of hydrogen-bond acceptors (Lipinski definition) is 4. The first-order chi connectivity index (χ1) is 13.4. The molecule has 1 unspecified atom stereocenters. The van der Waals surface area contributed by atoms with Gasteiger partial charge in [0.05, 0.1) is 29.2 Å². The van der Waals surface area contributed by atoms with E-state index in [4.69, 9.17) is 5.26 Å². The van der Waals surface area contributed by atoms with Gasteiger partial charge in [0.1, 0.15) is 0 Å². The second kappa shape index (κ2) is 10.5. The summed E-state index contributed by atoms with van der Waals surface area (Å²) in [6, 6.07) is 16.9. The standard InChI is InChI=1S/C22H25N3O2S/c1-4-25(17(3)19-10-8-18(13-23)9-11-19)22(27)15-28-14-21(26)24-20-7-5-6-16(2)12-20/h5-12,17H,4,14-15H2,1-3H3,(H,24,26). The van der Waals surface area contributed by atoms with Crippen molar-refractivity contribution in [1.29, 1.82) is 5.26 Å². The van der Waals surface area contributed by atoms with Crippen LogP contribution in [0.2, 0.25) is 0 Å². The lowest BCUT2D eigenvalue weighted by Crippen LogP contribution is -2.35. The van der Waals surface area contributed by atoms with Gasteiger partial charge < -0.3 is 10.2 Å². The van der Waals surface area contributed by atoms with Gasteiger partial charge in [0.2, 0.25) is 11.8 Å². The molecule has 0 aromatic heterocycles. The number of rotatable bonds is 8. The molecule has 0 spiro atoms. The number of amides is 2. The molecule has 28 heavy (non-hydrogen) atoms. The van der Waals surface area contributed by atoms with Crippen LogP contribution in [-0.2, 0) is 9.59 Å². The molecule has 2 amide bonds. The molecule has 1 N–H and O–H groups in total. The predicted octanol–water partition coefficient (Wildman–Crippen LogP) is 4.15. The fourth-order valence-electron chi connectivity index (χ4n) is 2.92. The molecule has 5 nitrogen and oxygen atoms in total. The van der Waals surface area contributed by atoms with Gasteiger partial charge in [-0.2, -0.15) is 5.26 Å². The second-order valence-electron chi connectivity index (χ2n) is 6.50. The maximum Gasteiger partial charge on any atom is 0.234 e. The summed E-state index contributed by atoms with van der Waals surface area (Å²) in [6.45, 7) is 6.46. The van der Waals surface area contributed by atoms with Crippen LogP contribution in [0.5, 0.6) is 0 Å². The lowest BCUT2D eigenvalue weighted by atomic mass is 10.1. The summed E-state index contributed by atoms with van der Waals surface area (Å²) in [5, 5.41) is 11.8. The summed E-state index contributed by atoms with van der Waals surface area (Å²) in [7, 11) is 0. The van der Waals surface area contributed by atoms with Gasteiger partial charge in [-0.3, -0.25) is 9.59 Å². The van der Waals surface area contributed by atoms with Gasteiger partial charge in [-0.15, -0.1) is 11.8 Å². The predicted molar refractivity (Wildman–Crippen MR) is 114 cm³/mol. The summed E-state index contributed by atoms with van der Waals surface area (Å²) in [5.41, 5.74) is 3.43. The molecular formula is C22H25N3O2S. The lowest BCUT2D eigenvalue weighted by molar-refractivity contribution is -0.130. The fourth-order valence-corrected chi connectivity index (χ4v) is 3.62. The number of nitrogens with zero attached hydrogens (tertiary/aromatic N) is 2. The van der Waals surface area contributed by atoms with Crippen molar-refractivity contribution in [2.45, 2.75) is 26.8 Å². The fraction of sp³-hybridized carbons (Fsp3) is 0.318. The molecule has 0 saturated carbocycles. The first-order valence-electron chi connectivity index (χ1n) is 9.18. The Morgan fingerprint density at radius 2 is 1.89 bits per heavy atom. The molecule has 6 heteroatoms. The van der Waals surface area contributed by atoms with Gasteiger partial charge in [-0.1, -0.05) is 24.3 Å². The number of carbonyl (C=O) groups excluding carboxylic acids is 2. The highest BCUT2D eigenvalue weighted by Crippen LogP contribution is 2.21. The highest BCUT2D eigenvalue weighted by molar-refractivity contribution is 8.00. The van der Waals surface area contributed by atoms with E-state index in [2.05, 4.69) is 11.4 Å². The Morgan fingerprint density at radius 3 is 2.50 bits per heavy atom. The third-order valence-corrected chi connectivity index (χ3v) is 5.33. The molecule has 2 aromatic rings. The minimum Gasteiger partial charge on any atom is -0.336 e. The van der Waals surface area contributed by atoms with Crippen molar-refractivity contribution >= 4 is 29.3 Å². The van der Waals surface area contributed by atoms with E-state index in [-0.39, 0.29) is 29.4 Å². The Bertz CT molecular complexity index is 859. The molecule has 0 bridgehead atoms. The van der Waals surface area contributed by atoms with E-state index in [1.807, 2.05) is 57.2 Å². The third-order valence-electron chi connectivity index (χ3n) is 4.41. The Morgan fingerprint density at radius 1 is 1.18 bits per heavy atom. The number of hydrogen-bond donors (Lipinski definition) is 1. The van der Waals surface area contributed by atoms with Gasteiger partial charge >= 0.3 is 0 Å². The zero-order valence-electron chi connectivity index (χ0n) is 16.4. The molecule has 0 aliphatic rings. The molecule has 0 heterocycles. The monoisotopic (exact) mass is 395 g/mol. The summed E-state index contributed by atoms with van der Waals surface area (Å²) in [5.74, 6) is 0.345. The molecule has 1 atom stereocenters. The van der Waals surface area contributed by atoms with E-state index in [0.717, 1.165) is 16.8 Å². The average molecular weight is 396 g/mol. The number of aryl methyl sites for hydroxylation is 1. The third kappa shape index (κ3) is 6.14. The molecule has 0 radical (unpaired) electrons. The van der Waals surface area contributed by atoms with Crippen LogP contribution in [0.1, 0.15) is 36.6 Å². The molecule has 2 rings (SSSR count). The van der Waals surface area contributed by atoms with Crippen LogP contribution in [0.4, 0.5) is 5.69 Å². The van der Waals surface area contributed by atoms with E-state index >= 15 is 0 Å². The van der Waals surface area contributed by atoms with Crippen LogP contribution in [0, 0.1) is 18.3 Å². The summed E-state index contributed by atoms with van der Waals surface area (Å²) >= 11 is 1.31. The molecular weight excluding hydrogens is 370 g/mol. The van der Waals surface area contributed by atoms with Crippen molar-refractivity contribution in [3.05, 3.63) is 65.2 Å². The maximum atomic E-state index is 12.6. The molecule has 0 fully saturated rings. The number of nitriles is 1. The molecule has 0 aliphatic heterocycles. The van der Waals surface area contributed by atoms with Crippen molar-refractivity contribution in [2.24, 2.45) is 0 Å². The van der Waals surface area contributed by atoms with Gasteiger partial charge in [0.15, 0.2) is 0 Å². The summed E-state index contributed by atoms with van der Waals surface area (Å²) < 4.78 is 0. The highest BCUT2D eigenvalue weighted by atomic mass is 32.2. The molecule has 0 saturated heterocycles. The molecule has 2 aromatic carbocycles. The Kier molecular flexibility index (Phi) is 8.09. The smallest absolute Gasteiger partial charge is 0.234 e. The van der Waals surface area contributed by atoms with Crippen LogP contribution in [0.3, 0.4) is 0 Å². The molecule has 0 aliphatic carbocycles. The number of anilines is 1. The summed E-state index contributed by atoms with van der Waals surface area (Å²) in [6.07, 6.45) is 0. The van der Waals surface area contributed by atoms with Crippen LogP contribution < -0.4 is 5.32 Å². The minimum absolute atomic E-state index is 0.00675. The molecule has 146 valence electrons. The largest absolute Gasteiger partial charge is 0.336 e. The normalized spacial score (nSPS) is 11.4. The zero-order valence-corrected chi connectivity index (χ0v) is 17.3. The van der Waals surface area contributed by atoms with E-state index in [9.17, 15) is 9.59 Å². The zero-order chi connectivity index (χ0) is 20.5. The van der Waals surface area contributed by atoms with Crippen LogP contribution >= 0.6 is 11.8 Å². The Hall–Kier alpha value is -2.78. The van der Waals surface area contributed by atoms with Gasteiger partial charge in [-0.25, -0.2) is 0 Å². The summed E-state index contributed by atoms with van der Waals surface area (Å²) in [4.78, 5) is 26.5. The number of thioether (sulfide) groups is 1.